The summed E-state index contributed by atoms with van der Waals surface area (Å²) in [5.74, 6) is 1.77. The summed E-state index contributed by atoms with van der Waals surface area (Å²) in [7, 11) is 3.14. The zero-order chi connectivity index (χ0) is 14.4. The number of rotatable bonds is 7. The van der Waals surface area contributed by atoms with Crippen molar-refractivity contribution in [1.82, 2.24) is 5.32 Å². The predicted molar refractivity (Wildman–Crippen MR) is 76.2 cm³/mol. The minimum absolute atomic E-state index is 0.0570. The summed E-state index contributed by atoms with van der Waals surface area (Å²) in [5.41, 5.74) is 0.626. The normalized spacial score (nSPS) is 12.3. The van der Waals surface area contributed by atoms with Crippen molar-refractivity contribution in [2.24, 2.45) is 5.92 Å². The molecule has 1 aromatic rings. The Morgan fingerprint density at radius 3 is 2.32 bits per heavy atom. The molecule has 4 heteroatoms. The fourth-order valence-corrected chi connectivity index (χ4v) is 1.74. The van der Waals surface area contributed by atoms with Crippen LogP contribution in [0.2, 0.25) is 0 Å². The second kappa shape index (κ2) is 7.14. The lowest BCUT2D eigenvalue weighted by Gasteiger charge is -2.15. The number of ether oxygens (including phenoxy) is 2. The number of carbonyl (C=O) groups excluding carboxylic acids is 1. The third kappa shape index (κ3) is 4.24. The maximum atomic E-state index is 12.3. The molecule has 0 aliphatic heterocycles. The van der Waals surface area contributed by atoms with Crippen molar-refractivity contribution in [3.05, 3.63) is 23.8 Å². The summed E-state index contributed by atoms with van der Waals surface area (Å²) in [6.45, 7) is 6.92. The molecular weight excluding hydrogens is 242 g/mol. The molecule has 4 nitrogen and oxygen atoms in total. The Kier molecular flexibility index (Phi) is 5.83. The van der Waals surface area contributed by atoms with Crippen molar-refractivity contribution in [2.45, 2.75) is 26.8 Å². The molecule has 0 saturated heterocycles. The lowest BCUT2D eigenvalue weighted by Crippen LogP contribution is -2.36. The molecule has 0 aliphatic rings. The van der Waals surface area contributed by atoms with E-state index in [2.05, 4.69) is 19.2 Å². The fourth-order valence-electron chi connectivity index (χ4n) is 1.74. The summed E-state index contributed by atoms with van der Waals surface area (Å²) in [6, 6.07) is 5.02. The van der Waals surface area contributed by atoms with Gasteiger partial charge in [0.2, 0.25) is 0 Å². The second-order valence-electron chi connectivity index (χ2n) is 4.96. The van der Waals surface area contributed by atoms with E-state index < -0.39 is 0 Å². The Bertz CT molecular complexity index is 429. The van der Waals surface area contributed by atoms with Crippen molar-refractivity contribution < 1.29 is 14.3 Å². The second-order valence-corrected chi connectivity index (χ2v) is 4.96. The average molecular weight is 265 g/mol. The van der Waals surface area contributed by atoms with E-state index in [4.69, 9.17) is 9.47 Å². The number of methoxy groups -OCH3 is 2. The number of benzene rings is 1. The van der Waals surface area contributed by atoms with Crippen LogP contribution in [0.1, 0.15) is 31.1 Å². The lowest BCUT2D eigenvalue weighted by atomic mass is 10.0. The van der Waals surface area contributed by atoms with Crippen molar-refractivity contribution in [3.8, 4) is 11.5 Å². The summed E-state index contributed by atoms with van der Waals surface area (Å²) in [5, 5.41) is 3.22. The van der Waals surface area contributed by atoms with Gasteiger partial charge in [0.1, 0.15) is 0 Å². The van der Waals surface area contributed by atoms with Crippen LogP contribution in [0.15, 0.2) is 18.2 Å². The number of hydrogen-bond acceptors (Lipinski definition) is 4. The Morgan fingerprint density at radius 1 is 1.16 bits per heavy atom. The van der Waals surface area contributed by atoms with Crippen molar-refractivity contribution >= 4 is 5.78 Å². The Balaban J connectivity index is 2.81. The van der Waals surface area contributed by atoms with Gasteiger partial charge in [-0.2, -0.15) is 0 Å². The maximum absolute atomic E-state index is 12.3. The summed E-state index contributed by atoms with van der Waals surface area (Å²) < 4.78 is 10.4. The molecule has 0 spiro atoms. The van der Waals surface area contributed by atoms with Gasteiger partial charge >= 0.3 is 0 Å². The molecule has 0 heterocycles. The highest BCUT2D eigenvalue weighted by Crippen LogP contribution is 2.27. The molecule has 0 aromatic heterocycles. The van der Waals surface area contributed by atoms with Crippen LogP contribution in [-0.2, 0) is 0 Å². The zero-order valence-electron chi connectivity index (χ0n) is 12.3. The van der Waals surface area contributed by atoms with Gasteiger partial charge in [-0.05, 0) is 37.6 Å². The number of ketones is 1. The smallest absolute Gasteiger partial charge is 0.179 e. The minimum Gasteiger partial charge on any atom is -0.493 e. The van der Waals surface area contributed by atoms with E-state index in [-0.39, 0.29) is 11.8 Å². The standard InChI is InChI=1S/C15H23NO3/c1-10(2)9-16-11(3)15(17)12-6-7-13(18-4)14(8-12)19-5/h6-8,10-11,16H,9H2,1-5H3. The van der Waals surface area contributed by atoms with Gasteiger partial charge in [0, 0.05) is 5.56 Å². The van der Waals surface area contributed by atoms with Crippen LogP contribution in [-0.4, -0.2) is 32.6 Å². The molecule has 0 amide bonds. The van der Waals surface area contributed by atoms with Crippen LogP contribution in [0.4, 0.5) is 0 Å². The van der Waals surface area contributed by atoms with E-state index in [1.54, 1.807) is 32.4 Å². The van der Waals surface area contributed by atoms with E-state index in [1.165, 1.54) is 0 Å². The van der Waals surface area contributed by atoms with Crippen LogP contribution < -0.4 is 14.8 Å². The monoisotopic (exact) mass is 265 g/mol. The van der Waals surface area contributed by atoms with E-state index in [0.717, 1.165) is 6.54 Å². The number of Topliss-reactive ketones (excluding diaryl/α,β-unsaturated/α-hetero) is 1. The van der Waals surface area contributed by atoms with E-state index >= 15 is 0 Å². The SMILES string of the molecule is COc1ccc(C(=O)C(C)NCC(C)C)cc1OC. The molecule has 0 fully saturated rings. The molecule has 0 aliphatic carbocycles. The third-order valence-electron chi connectivity index (χ3n) is 2.89. The highest BCUT2D eigenvalue weighted by atomic mass is 16.5. The van der Waals surface area contributed by atoms with Gasteiger partial charge in [0.05, 0.1) is 20.3 Å². The Morgan fingerprint density at radius 2 is 1.79 bits per heavy atom. The predicted octanol–water partition coefficient (Wildman–Crippen LogP) is 2.52. The van der Waals surface area contributed by atoms with Crippen molar-refractivity contribution in [1.29, 1.82) is 0 Å². The molecule has 0 radical (unpaired) electrons. The van der Waals surface area contributed by atoms with Crippen LogP contribution in [0.25, 0.3) is 0 Å². The van der Waals surface area contributed by atoms with Crippen molar-refractivity contribution in [2.75, 3.05) is 20.8 Å². The molecule has 1 rings (SSSR count). The van der Waals surface area contributed by atoms with Gasteiger partial charge in [-0.15, -0.1) is 0 Å². The first-order valence-electron chi connectivity index (χ1n) is 6.49. The van der Waals surface area contributed by atoms with Crippen LogP contribution >= 0.6 is 0 Å². The summed E-state index contributed by atoms with van der Waals surface area (Å²) in [4.78, 5) is 12.3. The third-order valence-corrected chi connectivity index (χ3v) is 2.89. The number of hydrogen-bond donors (Lipinski definition) is 1. The van der Waals surface area contributed by atoms with Crippen LogP contribution in [0.5, 0.6) is 11.5 Å². The molecule has 106 valence electrons. The topological polar surface area (TPSA) is 47.6 Å². The molecular formula is C15H23NO3. The summed E-state index contributed by atoms with van der Waals surface area (Å²) >= 11 is 0. The Hall–Kier alpha value is -1.55. The fraction of sp³-hybridized carbons (Fsp3) is 0.533. The zero-order valence-corrected chi connectivity index (χ0v) is 12.3. The first-order chi connectivity index (χ1) is 8.99. The largest absolute Gasteiger partial charge is 0.493 e. The molecule has 1 aromatic carbocycles. The Labute approximate surface area is 115 Å². The lowest BCUT2D eigenvalue weighted by molar-refractivity contribution is 0.0949. The molecule has 0 bridgehead atoms. The van der Waals surface area contributed by atoms with Gasteiger partial charge in [-0.1, -0.05) is 13.8 Å². The maximum Gasteiger partial charge on any atom is 0.179 e. The molecule has 1 unspecified atom stereocenters. The molecule has 19 heavy (non-hydrogen) atoms. The van der Waals surface area contributed by atoms with Crippen LogP contribution in [0.3, 0.4) is 0 Å². The average Bonchev–Trinajstić information content (AvgIpc) is 2.42. The summed E-state index contributed by atoms with van der Waals surface area (Å²) in [6.07, 6.45) is 0. The highest BCUT2D eigenvalue weighted by Gasteiger charge is 2.17. The van der Waals surface area contributed by atoms with E-state index in [1.807, 2.05) is 6.92 Å². The van der Waals surface area contributed by atoms with Gasteiger partial charge in [0.15, 0.2) is 17.3 Å². The van der Waals surface area contributed by atoms with Gasteiger partial charge in [0.25, 0.3) is 0 Å². The molecule has 1 N–H and O–H groups in total. The molecule has 0 saturated carbocycles. The minimum atomic E-state index is -0.208. The number of nitrogens with one attached hydrogen (secondary N) is 1. The van der Waals surface area contributed by atoms with Gasteiger partial charge in [-0.25, -0.2) is 0 Å². The highest BCUT2D eigenvalue weighted by molar-refractivity contribution is 6.00. The number of carbonyl (C=O) groups is 1. The first kappa shape index (κ1) is 15.5. The van der Waals surface area contributed by atoms with Crippen LogP contribution in [0, 0.1) is 5.92 Å². The molecule has 1 atom stereocenters. The quantitative estimate of drug-likeness (QED) is 0.770. The van der Waals surface area contributed by atoms with E-state index in [0.29, 0.717) is 23.0 Å². The first-order valence-corrected chi connectivity index (χ1v) is 6.49. The van der Waals surface area contributed by atoms with Gasteiger partial charge < -0.3 is 14.8 Å². The van der Waals surface area contributed by atoms with Crippen molar-refractivity contribution in [3.63, 3.8) is 0 Å². The van der Waals surface area contributed by atoms with E-state index in [9.17, 15) is 4.79 Å². The van der Waals surface area contributed by atoms with Gasteiger partial charge in [-0.3, -0.25) is 4.79 Å².